The number of halogens is 1. The molecule has 0 amide bonds. The lowest BCUT2D eigenvalue weighted by Crippen LogP contribution is -2.09. The van der Waals surface area contributed by atoms with Gasteiger partial charge in [-0.05, 0) is 46.1 Å². The van der Waals surface area contributed by atoms with Crippen LogP contribution in [0.3, 0.4) is 0 Å². The van der Waals surface area contributed by atoms with Crippen molar-refractivity contribution in [3.8, 4) is 17.6 Å². The van der Waals surface area contributed by atoms with Gasteiger partial charge >= 0.3 is 0 Å². The van der Waals surface area contributed by atoms with Crippen LogP contribution in [0.4, 0.5) is 0 Å². The first-order valence-corrected chi connectivity index (χ1v) is 8.51. The third-order valence-corrected chi connectivity index (χ3v) is 3.85. The fraction of sp³-hybridized carbons (Fsp3) is 0.588. The number of rotatable bonds is 9. The molecule has 0 radical (unpaired) electrons. The van der Waals surface area contributed by atoms with Crippen molar-refractivity contribution in [3.05, 3.63) is 23.8 Å². The lowest BCUT2D eigenvalue weighted by atomic mass is 9.89. The molecule has 0 aliphatic carbocycles. The van der Waals surface area contributed by atoms with Gasteiger partial charge in [0.15, 0.2) is 11.5 Å². The zero-order valence-corrected chi connectivity index (χ0v) is 14.7. The molecule has 0 heterocycles. The van der Waals surface area contributed by atoms with E-state index >= 15 is 0 Å². The summed E-state index contributed by atoms with van der Waals surface area (Å²) in [5.41, 5.74) is 0.850. The Morgan fingerprint density at radius 2 is 2.00 bits per heavy atom. The molecule has 21 heavy (non-hydrogen) atoms. The summed E-state index contributed by atoms with van der Waals surface area (Å²) in [5.74, 6) is 1.63. The lowest BCUT2D eigenvalue weighted by Gasteiger charge is -2.16. The van der Waals surface area contributed by atoms with Crippen LogP contribution in [0.15, 0.2) is 18.2 Å². The predicted octanol–water partition coefficient (Wildman–Crippen LogP) is 5.08. The number of ether oxygens (including phenoxy) is 2. The number of nitrogens with zero attached hydrogens (tertiary/aromatic N) is 1. The van der Waals surface area contributed by atoms with Gasteiger partial charge in [-0.25, -0.2) is 0 Å². The maximum atomic E-state index is 8.99. The summed E-state index contributed by atoms with van der Waals surface area (Å²) < 4.78 is 11.5. The number of benzene rings is 1. The minimum Gasteiger partial charge on any atom is -0.490 e. The molecule has 4 heteroatoms. The molecule has 1 aromatic rings. The minimum atomic E-state index is -0.246. The molecule has 0 aromatic heterocycles. The Bertz CT molecular complexity index is 480. The molecule has 1 aromatic carbocycles. The molecule has 0 fully saturated rings. The van der Waals surface area contributed by atoms with Gasteiger partial charge in [0.2, 0.25) is 0 Å². The van der Waals surface area contributed by atoms with E-state index in [9.17, 15) is 0 Å². The van der Waals surface area contributed by atoms with Crippen LogP contribution in [0.2, 0.25) is 0 Å². The van der Waals surface area contributed by atoms with Crippen molar-refractivity contribution in [2.24, 2.45) is 5.41 Å². The monoisotopic (exact) mass is 353 g/mol. The predicted molar refractivity (Wildman–Crippen MR) is 89.0 cm³/mol. The summed E-state index contributed by atoms with van der Waals surface area (Å²) >= 11 is 3.48. The van der Waals surface area contributed by atoms with Gasteiger partial charge in [-0.15, -0.1) is 0 Å². The third-order valence-electron chi connectivity index (χ3n) is 3.25. The smallest absolute Gasteiger partial charge is 0.165 e. The van der Waals surface area contributed by atoms with Crippen LogP contribution in [0.1, 0.15) is 45.6 Å². The molecule has 0 N–H and O–H groups in total. The molecule has 0 aliphatic heterocycles. The van der Waals surface area contributed by atoms with Crippen molar-refractivity contribution < 1.29 is 9.47 Å². The first-order valence-electron chi connectivity index (χ1n) is 7.38. The van der Waals surface area contributed by atoms with Crippen molar-refractivity contribution >= 4 is 15.9 Å². The summed E-state index contributed by atoms with van der Waals surface area (Å²) in [6.45, 7) is 7.18. The molecule has 116 valence electrons. The fourth-order valence-electron chi connectivity index (χ4n) is 2.00. The quantitative estimate of drug-likeness (QED) is 0.459. The van der Waals surface area contributed by atoms with Crippen molar-refractivity contribution in [1.82, 2.24) is 0 Å². The summed E-state index contributed by atoms with van der Waals surface area (Å²) in [5, 5.41) is 9.73. The van der Waals surface area contributed by atoms with E-state index in [2.05, 4.69) is 22.0 Å². The average molecular weight is 354 g/mol. The number of para-hydroxylation sites is 1. The summed E-state index contributed by atoms with van der Waals surface area (Å²) in [6, 6.07) is 8.27. The molecular formula is C17H24BrNO2. The van der Waals surface area contributed by atoms with Gasteiger partial charge in [-0.1, -0.05) is 28.1 Å². The van der Waals surface area contributed by atoms with Crippen LogP contribution in [-0.2, 0) is 5.33 Å². The summed E-state index contributed by atoms with van der Waals surface area (Å²) in [4.78, 5) is 0. The van der Waals surface area contributed by atoms with Gasteiger partial charge in [-0.2, -0.15) is 5.26 Å². The Hall–Kier alpha value is -1.21. The van der Waals surface area contributed by atoms with Gasteiger partial charge < -0.3 is 9.47 Å². The van der Waals surface area contributed by atoms with E-state index in [0.717, 1.165) is 41.7 Å². The maximum absolute atomic E-state index is 8.99. The second kappa shape index (κ2) is 8.94. The zero-order chi connectivity index (χ0) is 15.7. The molecule has 0 saturated heterocycles. The number of nitriles is 1. The Morgan fingerprint density at radius 1 is 1.24 bits per heavy atom. The van der Waals surface area contributed by atoms with Gasteiger partial charge in [0.25, 0.3) is 0 Å². The molecule has 0 unspecified atom stereocenters. The molecule has 3 nitrogen and oxygen atoms in total. The molecule has 0 bridgehead atoms. The van der Waals surface area contributed by atoms with Gasteiger partial charge in [0.1, 0.15) is 0 Å². The largest absolute Gasteiger partial charge is 0.490 e. The van der Waals surface area contributed by atoms with Crippen molar-refractivity contribution in [2.45, 2.75) is 45.4 Å². The Morgan fingerprint density at radius 3 is 2.62 bits per heavy atom. The van der Waals surface area contributed by atoms with E-state index in [1.165, 1.54) is 0 Å². The fourth-order valence-corrected chi connectivity index (χ4v) is 2.44. The van der Waals surface area contributed by atoms with Crippen LogP contribution in [0.5, 0.6) is 11.5 Å². The van der Waals surface area contributed by atoms with Crippen molar-refractivity contribution in [3.63, 3.8) is 0 Å². The van der Waals surface area contributed by atoms with Crippen LogP contribution in [-0.4, -0.2) is 13.2 Å². The lowest BCUT2D eigenvalue weighted by molar-refractivity contribution is 0.264. The van der Waals surface area contributed by atoms with E-state index in [0.29, 0.717) is 13.2 Å². The van der Waals surface area contributed by atoms with E-state index in [-0.39, 0.29) is 5.41 Å². The normalized spacial score (nSPS) is 11.0. The highest BCUT2D eigenvalue weighted by atomic mass is 79.9. The first-order chi connectivity index (χ1) is 10.0. The van der Waals surface area contributed by atoms with Gasteiger partial charge in [0, 0.05) is 10.9 Å². The molecule has 0 saturated carbocycles. The average Bonchev–Trinajstić information content (AvgIpc) is 2.48. The van der Waals surface area contributed by atoms with E-state index in [1.54, 1.807) is 0 Å². The van der Waals surface area contributed by atoms with Crippen LogP contribution in [0.25, 0.3) is 0 Å². The van der Waals surface area contributed by atoms with Gasteiger partial charge in [-0.3, -0.25) is 0 Å². The summed E-state index contributed by atoms with van der Waals surface area (Å²) in [7, 11) is 0. The molecule has 0 aliphatic rings. The molecule has 0 spiro atoms. The number of unbranched alkanes of at least 4 members (excludes halogenated alkanes) is 1. The van der Waals surface area contributed by atoms with Crippen molar-refractivity contribution in [1.29, 1.82) is 5.26 Å². The molecular weight excluding hydrogens is 330 g/mol. The SMILES string of the molecule is CCOc1cccc(CBr)c1OCCCCC(C)(C)C#N. The third kappa shape index (κ3) is 5.97. The zero-order valence-electron chi connectivity index (χ0n) is 13.1. The number of hydrogen-bond donors (Lipinski definition) is 0. The van der Waals surface area contributed by atoms with Crippen LogP contribution < -0.4 is 9.47 Å². The molecule has 1 rings (SSSR count). The highest BCUT2D eigenvalue weighted by Crippen LogP contribution is 2.33. The Kier molecular flexibility index (Phi) is 7.60. The van der Waals surface area contributed by atoms with E-state index in [1.807, 2.05) is 39.0 Å². The number of alkyl halides is 1. The standard InChI is InChI=1S/C17H24BrNO2/c1-4-20-15-9-7-8-14(12-18)16(15)21-11-6-5-10-17(2,3)13-19/h7-9H,4-6,10-12H2,1-3H3. The first kappa shape index (κ1) is 17.8. The van der Waals surface area contributed by atoms with Crippen LogP contribution in [0, 0.1) is 16.7 Å². The second-order valence-corrected chi connectivity index (χ2v) is 6.17. The Labute approximate surface area is 136 Å². The van der Waals surface area contributed by atoms with Crippen molar-refractivity contribution in [2.75, 3.05) is 13.2 Å². The number of hydrogen-bond acceptors (Lipinski definition) is 3. The highest BCUT2D eigenvalue weighted by molar-refractivity contribution is 9.08. The topological polar surface area (TPSA) is 42.2 Å². The molecule has 0 atom stereocenters. The van der Waals surface area contributed by atoms with Gasteiger partial charge in [0.05, 0.1) is 24.7 Å². The highest BCUT2D eigenvalue weighted by Gasteiger charge is 2.16. The van der Waals surface area contributed by atoms with E-state index in [4.69, 9.17) is 14.7 Å². The Balaban J connectivity index is 2.53. The second-order valence-electron chi connectivity index (χ2n) is 5.61. The van der Waals surface area contributed by atoms with E-state index < -0.39 is 0 Å². The van der Waals surface area contributed by atoms with Crippen LogP contribution >= 0.6 is 15.9 Å². The minimum absolute atomic E-state index is 0.246. The maximum Gasteiger partial charge on any atom is 0.165 e. The summed E-state index contributed by atoms with van der Waals surface area (Å²) in [6.07, 6.45) is 2.82.